The highest BCUT2D eigenvalue weighted by molar-refractivity contribution is 9.10. The third-order valence-electron chi connectivity index (χ3n) is 4.72. The van der Waals surface area contributed by atoms with Crippen LogP contribution in [0.3, 0.4) is 0 Å². The lowest BCUT2D eigenvalue weighted by atomic mass is 10.2. The molecule has 31 heavy (non-hydrogen) atoms. The van der Waals surface area contributed by atoms with Gasteiger partial charge in [0.1, 0.15) is 16.4 Å². The molecule has 2 aromatic carbocycles. The lowest BCUT2D eigenvalue weighted by molar-refractivity contribution is -0.275. The number of benzene rings is 2. The Morgan fingerprint density at radius 1 is 0.935 bits per heavy atom. The van der Waals surface area contributed by atoms with Gasteiger partial charge < -0.3 is 19.1 Å². The van der Waals surface area contributed by atoms with E-state index in [2.05, 4.69) is 20.7 Å². The maximum atomic E-state index is 13.1. The molecule has 170 valence electrons. The van der Waals surface area contributed by atoms with Crippen molar-refractivity contribution in [1.82, 2.24) is 4.31 Å². The van der Waals surface area contributed by atoms with Gasteiger partial charge in [0, 0.05) is 36.7 Å². The molecule has 0 spiro atoms. The fourth-order valence-electron chi connectivity index (χ4n) is 3.25. The van der Waals surface area contributed by atoms with Crippen molar-refractivity contribution in [3.8, 4) is 17.2 Å². The molecule has 3 rings (SSSR count). The first-order valence-electron chi connectivity index (χ1n) is 9.07. The Labute approximate surface area is 186 Å². The first-order valence-corrected chi connectivity index (χ1v) is 11.3. The quantitative estimate of drug-likeness (QED) is 0.571. The Kier molecular flexibility index (Phi) is 6.92. The molecule has 1 aliphatic heterocycles. The van der Waals surface area contributed by atoms with Crippen LogP contribution in [0.15, 0.2) is 45.8 Å². The number of anilines is 1. The van der Waals surface area contributed by atoms with E-state index in [4.69, 9.17) is 9.47 Å². The van der Waals surface area contributed by atoms with Gasteiger partial charge in [0.25, 0.3) is 0 Å². The highest BCUT2D eigenvalue weighted by atomic mass is 79.9. The van der Waals surface area contributed by atoms with Gasteiger partial charge in [-0.3, -0.25) is 0 Å². The summed E-state index contributed by atoms with van der Waals surface area (Å²) in [7, 11) is -1.14. The SMILES string of the molecule is COc1ccc(N2CCN(S(=O)(=O)c3ccc(Br)cc3OC(F)(F)F)CC2)c(OC)c1. The molecule has 0 aliphatic carbocycles. The summed E-state index contributed by atoms with van der Waals surface area (Å²) >= 11 is 3.04. The summed E-state index contributed by atoms with van der Waals surface area (Å²) in [5.41, 5.74) is 0.769. The fraction of sp³-hybridized carbons (Fsp3) is 0.368. The Morgan fingerprint density at radius 2 is 1.61 bits per heavy atom. The van der Waals surface area contributed by atoms with Crippen LogP contribution in [0.2, 0.25) is 0 Å². The summed E-state index contributed by atoms with van der Waals surface area (Å²) in [5, 5.41) is 0. The number of hydrogen-bond donors (Lipinski definition) is 0. The summed E-state index contributed by atoms with van der Waals surface area (Å²) in [6.07, 6.45) is -5.02. The van der Waals surface area contributed by atoms with Crippen LogP contribution >= 0.6 is 15.9 Å². The Morgan fingerprint density at radius 3 is 2.19 bits per heavy atom. The first-order chi connectivity index (χ1) is 14.5. The molecule has 1 saturated heterocycles. The molecule has 0 bridgehead atoms. The van der Waals surface area contributed by atoms with E-state index in [-0.39, 0.29) is 17.6 Å². The molecule has 0 N–H and O–H groups in total. The van der Waals surface area contributed by atoms with Crippen molar-refractivity contribution in [2.45, 2.75) is 11.3 Å². The van der Waals surface area contributed by atoms with E-state index in [1.807, 2.05) is 11.0 Å². The molecule has 0 radical (unpaired) electrons. The molecule has 0 amide bonds. The molecular weight excluding hydrogens is 505 g/mol. The van der Waals surface area contributed by atoms with Crippen LogP contribution in [-0.2, 0) is 10.0 Å². The lowest BCUT2D eigenvalue weighted by Gasteiger charge is -2.36. The minimum absolute atomic E-state index is 0.0824. The van der Waals surface area contributed by atoms with Crippen molar-refractivity contribution in [3.05, 3.63) is 40.9 Å². The molecule has 0 aromatic heterocycles. The number of nitrogens with zero attached hydrogens (tertiary/aromatic N) is 2. The Balaban J connectivity index is 1.81. The lowest BCUT2D eigenvalue weighted by Crippen LogP contribution is -2.48. The highest BCUT2D eigenvalue weighted by Crippen LogP contribution is 2.36. The number of ether oxygens (including phenoxy) is 3. The summed E-state index contributed by atoms with van der Waals surface area (Å²) in [5.74, 6) is 0.416. The maximum Gasteiger partial charge on any atom is 0.573 e. The molecule has 0 saturated carbocycles. The average Bonchev–Trinajstić information content (AvgIpc) is 2.72. The second kappa shape index (κ2) is 9.13. The van der Waals surface area contributed by atoms with Crippen molar-refractivity contribution in [2.75, 3.05) is 45.3 Å². The van der Waals surface area contributed by atoms with Gasteiger partial charge in [-0.25, -0.2) is 8.42 Å². The topological polar surface area (TPSA) is 68.3 Å². The molecular formula is C19H20BrF3N2O5S. The van der Waals surface area contributed by atoms with Gasteiger partial charge in [0.2, 0.25) is 10.0 Å². The maximum absolute atomic E-state index is 13.1. The van der Waals surface area contributed by atoms with E-state index >= 15 is 0 Å². The zero-order chi connectivity index (χ0) is 22.8. The number of piperazine rings is 1. The van der Waals surface area contributed by atoms with Gasteiger partial charge in [-0.15, -0.1) is 13.2 Å². The van der Waals surface area contributed by atoms with Crippen molar-refractivity contribution in [1.29, 1.82) is 0 Å². The molecule has 1 aliphatic rings. The van der Waals surface area contributed by atoms with Gasteiger partial charge in [-0.2, -0.15) is 4.31 Å². The third-order valence-corrected chi connectivity index (χ3v) is 7.15. The summed E-state index contributed by atoms with van der Waals surface area (Å²) in [4.78, 5) is 1.41. The van der Waals surface area contributed by atoms with Gasteiger partial charge in [0.15, 0.2) is 5.75 Å². The summed E-state index contributed by atoms with van der Waals surface area (Å²) < 4.78 is 80.4. The van der Waals surface area contributed by atoms with Crippen molar-refractivity contribution < 1.29 is 35.8 Å². The standard InChI is InChI=1S/C19H20BrF3N2O5S/c1-28-14-4-5-15(16(12-14)29-2)24-7-9-25(10-8-24)31(26,27)18-6-3-13(20)11-17(18)30-19(21,22)23/h3-6,11-12H,7-10H2,1-2H3. The second-order valence-electron chi connectivity index (χ2n) is 6.57. The van der Waals surface area contributed by atoms with Crippen LogP contribution in [0.4, 0.5) is 18.9 Å². The molecule has 12 heteroatoms. The summed E-state index contributed by atoms with van der Waals surface area (Å²) in [6.45, 7) is 0.819. The minimum atomic E-state index is -5.02. The molecule has 7 nitrogen and oxygen atoms in total. The number of methoxy groups -OCH3 is 2. The van der Waals surface area contributed by atoms with Gasteiger partial charge in [-0.1, -0.05) is 15.9 Å². The van der Waals surface area contributed by atoms with Crippen molar-refractivity contribution in [2.24, 2.45) is 0 Å². The predicted octanol–water partition coefficient (Wildman–Crippen LogP) is 3.88. The highest BCUT2D eigenvalue weighted by Gasteiger charge is 2.37. The zero-order valence-electron chi connectivity index (χ0n) is 16.6. The smallest absolute Gasteiger partial charge is 0.497 e. The van der Waals surface area contributed by atoms with Crippen LogP contribution in [0, 0.1) is 0 Å². The molecule has 1 heterocycles. The predicted molar refractivity (Wildman–Crippen MR) is 111 cm³/mol. The van der Waals surface area contributed by atoms with E-state index in [1.54, 1.807) is 12.1 Å². The molecule has 1 fully saturated rings. The first kappa shape index (κ1) is 23.5. The number of alkyl halides is 3. The molecule has 2 aromatic rings. The number of rotatable bonds is 6. The largest absolute Gasteiger partial charge is 0.573 e. The van der Waals surface area contributed by atoms with Crippen LogP contribution in [0.25, 0.3) is 0 Å². The monoisotopic (exact) mass is 524 g/mol. The third kappa shape index (κ3) is 5.36. The van der Waals surface area contributed by atoms with E-state index in [0.717, 1.165) is 22.1 Å². The fourth-order valence-corrected chi connectivity index (χ4v) is 5.11. The number of halogens is 4. The van der Waals surface area contributed by atoms with E-state index < -0.39 is 27.0 Å². The molecule has 0 unspecified atom stereocenters. The Bertz CT molecular complexity index is 1040. The minimum Gasteiger partial charge on any atom is -0.497 e. The van der Waals surface area contributed by atoms with Crippen LogP contribution in [0.5, 0.6) is 17.2 Å². The van der Waals surface area contributed by atoms with Gasteiger partial charge in [0.05, 0.1) is 19.9 Å². The van der Waals surface area contributed by atoms with Crippen LogP contribution in [-0.4, -0.2) is 59.5 Å². The van der Waals surface area contributed by atoms with Crippen LogP contribution < -0.4 is 19.1 Å². The number of sulfonamides is 1. The second-order valence-corrected chi connectivity index (χ2v) is 9.39. The van der Waals surface area contributed by atoms with Gasteiger partial charge in [-0.05, 0) is 30.3 Å². The molecule has 0 atom stereocenters. The number of hydrogen-bond acceptors (Lipinski definition) is 6. The normalized spacial score (nSPS) is 15.6. The summed E-state index contributed by atoms with van der Waals surface area (Å²) in [6, 6.07) is 8.74. The van der Waals surface area contributed by atoms with Gasteiger partial charge >= 0.3 is 6.36 Å². The van der Waals surface area contributed by atoms with E-state index in [1.165, 1.54) is 20.3 Å². The van der Waals surface area contributed by atoms with Crippen LogP contribution in [0.1, 0.15) is 0 Å². The van der Waals surface area contributed by atoms with E-state index in [9.17, 15) is 21.6 Å². The van der Waals surface area contributed by atoms with Crippen molar-refractivity contribution >= 4 is 31.6 Å². The van der Waals surface area contributed by atoms with Crippen molar-refractivity contribution in [3.63, 3.8) is 0 Å². The average molecular weight is 525 g/mol. The van der Waals surface area contributed by atoms with E-state index in [0.29, 0.717) is 24.6 Å². The Hall–Kier alpha value is -2.18. The zero-order valence-corrected chi connectivity index (χ0v) is 19.1.